The summed E-state index contributed by atoms with van der Waals surface area (Å²) in [5, 5.41) is 2.48. The Bertz CT molecular complexity index is 1070. The second-order valence-electron chi connectivity index (χ2n) is 8.35. The number of piperazine rings is 1. The summed E-state index contributed by atoms with van der Waals surface area (Å²) in [6, 6.07) is 13.5. The molecular weight excluding hydrogens is 396 g/mol. The number of urea groups is 1. The van der Waals surface area contributed by atoms with Crippen LogP contribution in [0.3, 0.4) is 0 Å². The Labute approximate surface area is 180 Å². The van der Waals surface area contributed by atoms with Crippen molar-refractivity contribution in [3.63, 3.8) is 0 Å². The van der Waals surface area contributed by atoms with E-state index in [0.29, 0.717) is 24.5 Å². The number of rotatable bonds is 2. The summed E-state index contributed by atoms with van der Waals surface area (Å²) in [4.78, 5) is 45.6. The quantitative estimate of drug-likeness (QED) is 0.744. The van der Waals surface area contributed by atoms with E-state index in [1.54, 1.807) is 31.4 Å². The number of carbonyl (C=O) groups is 3. The molecule has 3 heterocycles. The lowest BCUT2D eigenvalue weighted by Gasteiger charge is -2.55. The Morgan fingerprint density at radius 2 is 1.77 bits per heavy atom. The number of para-hydroxylation sites is 1. The zero-order valence-electron chi connectivity index (χ0n) is 17.5. The van der Waals surface area contributed by atoms with Crippen LogP contribution in [0, 0.1) is 5.41 Å². The molecule has 2 saturated heterocycles. The van der Waals surface area contributed by atoms with Crippen LogP contribution in [-0.2, 0) is 16.0 Å². The number of carbonyl (C=O) groups excluding carboxylic acids is 3. The molecule has 5 rings (SSSR count). The highest BCUT2D eigenvalue weighted by Crippen LogP contribution is 2.46. The number of benzene rings is 2. The Hall–Kier alpha value is -3.39. The summed E-state index contributed by atoms with van der Waals surface area (Å²) in [7, 11) is 3.54. The topological polar surface area (TPSA) is 82.2 Å². The number of fused-ring (bicyclic) bond motifs is 4. The average molecular weight is 420 g/mol. The van der Waals surface area contributed by atoms with E-state index in [2.05, 4.69) is 15.1 Å². The van der Waals surface area contributed by atoms with Gasteiger partial charge < -0.3 is 14.5 Å². The fourth-order valence-electron chi connectivity index (χ4n) is 5.06. The maximum atomic E-state index is 14.0. The van der Waals surface area contributed by atoms with Crippen LogP contribution < -0.4 is 19.9 Å². The van der Waals surface area contributed by atoms with E-state index in [-0.39, 0.29) is 12.5 Å². The fourth-order valence-corrected chi connectivity index (χ4v) is 5.06. The highest BCUT2D eigenvalue weighted by atomic mass is 16.5. The van der Waals surface area contributed by atoms with Gasteiger partial charge in [-0.3, -0.25) is 14.9 Å². The van der Waals surface area contributed by atoms with Gasteiger partial charge in [0.2, 0.25) is 5.91 Å². The van der Waals surface area contributed by atoms with Gasteiger partial charge in [0, 0.05) is 25.3 Å². The molecule has 0 aliphatic carbocycles. The van der Waals surface area contributed by atoms with Crippen molar-refractivity contribution in [2.24, 2.45) is 5.41 Å². The lowest BCUT2D eigenvalue weighted by Crippen LogP contribution is -2.75. The number of amides is 4. The maximum Gasteiger partial charge on any atom is 0.335 e. The number of ether oxygens (including phenoxy) is 1. The van der Waals surface area contributed by atoms with Crippen molar-refractivity contribution in [2.75, 3.05) is 43.6 Å². The van der Waals surface area contributed by atoms with Crippen molar-refractivity contribution < 1.29 is 19.1 Å². The predicted octanol–water partition coefficient (Wildman–Crippen LogP) is 1.64. The predicted molar refractivity (Wildman–Crippen MR) is 115 cm³/mol. The number of hydrogen-bond acceptors (Lipinski definition) is 6. The van der Waals surface area contributed by atoms with Gasteiger partial charge >= 0.3 is 6.03 Å². The summed E-state index contributed by atoms with van der Waals surface area (Å²) in [5.41, 5.74) is 1.01. The number of barbiturate groups is 1. The Morgan fingerprint density at radius 1 is 1.03 bits per heavy atom. The zero-order valence-corrected chi connectivity index (χ0v) is 17.5. The summed E-state index contributed by atoms with van der Waals surface area (Å²) in [6.45, 7) is 2.09. The third-order valence-corrected chi connectivity index (χ3v) is 6.67. The molecule has 2 aromatic carbocycles. The molecule has 8 nitrogen and oxygen atoms in total. The van der Waals surface area contributed by atoms with Crippen molar-refractivity contribution in [2.45, 2.75) is 12.5 Å². The number of nitrogens with zero attached hydrogens (tertiary/aromatic N) is 3. The van der Waals surface area contributed by atoms with Crippen LogP contribution in [0.1, 0.15) is 5.56 Å². The Kier molecular flexibility index (Phi) is 4.48. The molecule has 2 fully saturated rings. The van der Waals surface area contributed by atoms with Crippen LogP contribution in [0.4, 0.5) is 16.2 Å². The molecule has 0 saturated carbocycles. The van der Waals surface area contributed by atoms with Crippen molar-refractivity contribution >= 4 is 29.2 Å². The molecule has 8 heteroatoms. The number of hydrogen-bond donors (Lipinski definition) is 1. The molecule has 1 spiro atoms. The van der Waals surface area contributed by atoms with E-state index in [1.807, 2.05) is 31.3 Å². The number of imide groups is 2. The molecule has 0 bridgehead atoms. The molecular formula is C23H24N4O4. The summed E-state index contributed by atoms with van der Waals surface area (Å²) in [5.74, 6) is -0.385. The Balaban J connectivity index is 1.64. The molecule has 0 radical (unpaired) electrons. The van der Waals surface area contributed by atoms with Gasteiger partial charge in [-0.05, 0) is 49.4 Å². The largest absolute Gasteiger partial charge is 0.497 e. The normalized spacial score (nSPS) is 25.9. The SMILES string of the molecule is COc1ccc(N2C(=O)NC(=O)[C@]3(Cc4ccccc4N4CCN(C)C[C@H]43)C2=O)cc1. The van der Waals surface area contributed by atoms with Crippen molar-refractivity contribution in [3.05, 3.63) is 54.1 Å². The lowest BCUT2D eigenvalue weighted by atomic mass is 9.67. The van der Waals surface area contributed by atoms with Crippen LogP contribution in [0.25, 0.3) is 0 Å². The van der Waals surface area contributed by atoms with E-state index in [1.165, 1.54) is 0 Å². The lowest BCUT2D eigenvalue weighted by molar-refractivity contribution is -0.145. The fraction of sp³-hybridized carbons (Fsp3) is 0.348. The number of likely N-dealkylation sites (N-methyl/N-ethyl adjacent to an activating group) is 1. The standard InChI is InChI=1S/C23H24N4O4/c1-25-11-12-26-18-6-4-3-5-15(18)13-23(19(26)14-25)20(28)24-22(30)27(21(23)29)16-7-9-17(31-2)10-8-16/h3-10,19H,11-14H2,1-2H3,(H,24,28,30)/t19-,23+/m0/s1. The summed E-state index contributed by atoms with van der Waals surface area (Å²) in [6.07, 6.45) is 0.253. The van der Waals surface area contributed by atoms with Gasteiger partial charge in [0.15, 0.2) is 5.41 Å². The van der Waals surface area contributed by atoms with E-state index in [4.69, 9.17) is 4.74 Å². The molecule has 2 atom stereocenters. The van der Waals surface area contributed by atoms with Crippen LogP contribution in [0.2, 0.25) is 0 Å². The van der Waals surface area contributed by atoms with Gasteiger partial charge in [0.1, 0.15) is 5.75 Å². The van der Waals surface area contributed by atoms with E-state index in [9.17, 15) is 14.4 Å². The van der Waals surface area contributed by atoms with Crippen LogP contribution >= 0.6 is 0 Å². The molecule has 3 aliphatic rings. The third kappa shape index (κ3) is 2.82. The number of nitrogens with one attached hydrogen (secondary N) is 1. The van der Waals surface area contributed by atoms with Gasteiger partial charge in [-0.25, -0.2) is 9.69 Å². The van der Waals surface area contributed by atoms with Crippen molar-refractivity contribution in [1.29, 1.82) is 0 Å². The second kappa shape index (κ2) is 7.09. The smallest absolute Gasteiger partial charge is 0.335 e. The second-order valence-corrected chi connectivity index (χ2v) is 8.35. The molecule has 0 aromatic heterocycles. The molecule has 3 aliphatic heterocycles. The summed E-state index contributed by atoms with van der Waals surface area (Å²) >= 11 is 0. The zero-order chi connectivity index (χ0) is 21.8. The van der Waals surface area contributed by atoms with Gasteiger partial charge in [0.05, 0.1) is 18.8 Å². The molecule has 1 N–H and O–H groups in total. The molecule has 4 amide bonds. The van der Waals surface area contributed by atoms with Crippen LogP contribution in [0.15, 0.2) is 48.5 Å². The summed E-state index contributed by atoms with van der Waals surface area (Å²) < 4.78 is 5.19. The molecule has 2 aromatic rings. The minimum atomic E-state index is -1.39. The molecule has 160 valence electrons. The third-order valence-electron chi connectivity index (χ3n) is 6.67. The molecule has 31 heavy (non-hydrogen) atoms. The highest BCUT2D eigenvalue weighted by Gasteiger charge is 2.62. The minimum Gasteiger partial charge on any atom is -0.497 e. The van der Waals surface area contributed by atoms with Crippen molar-refractivity contribution in [3.8, 4) is 5.75 Å². The maximum absolute atomic E-state index is 14.0. The van der Waals surface area contributed by atoms with E-state index < -0.39 is 23.3 Å². The minimum absolute atomic E-state index is 0.253. The van der Waals surface area contributed by atoms with Gasteiger partial charge in [-0.1, -0.05) is 18.2 Å². The molecule has 0 unspecified atom stereocenters. The first-order valence-electron chi connectivity index (χ1n) is 10.3. The first-order valence-corrected chi connectivity index (χ1v) is 10.3. The Morgan fingerprint density at radius 3 is 2.52 bits per heavy atom. The van der Waals surface area contributed by atoms with Gasteiger partial charge in [-0.2, -0.15) is 0 Å². The van der Waals surface area contributed by atoms with Gasteiger partial charge in [-0.15, -0.1) is 0 Å². The van der Waals surface area contributed by atoms with Gasteiger partial charge in [0.25, 0.3) is 5.91 Å². The first-order chi connectivity index (χ1) is 15.0. The number of methoxy groups -OCH3 is 1. The van der Waals surface area contributed by atoms with Crippen LogP contribution in [-0.4, -0.2) is 62.6 Å². The number of anilines is 2. The average Bonchev–Trinajstić information content (AvgIpc) is 2.78. The monoisotopic (exact) mass is 420 g/mol. The van der Waals surface area contributed by atoms with Crippen LogP contribution in [0.5, 0.6) is 5.75 Å². The van der Waals surface area contributed by atoms with E-state index in [0.717, 1.165) is 22.7 Å². The highest BCUT2D eigenvalue weighted by molar-refractivity contribution is 6.30. The van der Waals surface area contributed by atoms with E-state index >= 15 is 0 Å². The first kappa shape index (κ1) is 19.6. The van der Waals surface area contributed by atoms with Crippen molar-refractivity contribution in [1.82, 2.24) is 10.2 Å².